The van der Waals surface area contributed by atoms with Gasteiger partial charge in [0.2, 0.25) is 0 Å². The zero-order chi connectivity index (χ0) is 15.2. The van der Waals surface area contributed by atoms with Crippen molar-refractivity contribution < 1.29 is 13.6 Å². The van der Waals surface area contributed by atoms with Crippen LogP contribution in [-0.2, 0) is 11.1 Å². The molecule has 0 fully saturated rings. The number of urea groups is 1. The summed E-state index contributed by atoms with van der Waals surface area (Å²) in [4.78, 5) is 10.7. The van der Waals surface area contributed by atoms with Crippen LogP contribution in [0.1, 0.15) is 77.6 Å². The Morgan fingerprint density at radius 2 is 1.50 bits per heavy atom. The van der Waals surface area contributed by atoms with Gasteiger partial charge in [0, 0.05) is 0 Å². The Bertz CT molecular complexity index is 275. The third kappa shape index (κ3) is 12.4. The molecule has 2 atom stereocenters. The fourth-order valence-electron chi connectivity index (χ4n) is 2.20. The molecule has 0 rings (SSSR count). The largest absolute Gasteiger partial charge is 0.352 e. The summed E-state index contributed by atoms with van der Waals surface area (Å²) in [5, 5.41) is 1.56. The number of rotatable bonds is 13. The van der Waals surface area contributed by atoms with E-state index >= 15 is 0 Å². The summed E-state index contributed by atoms with van der Waals surface area (Å²) in [5.74, 6) is 0. The Balaban J connectivity index is 3.41. The fraction of sp³-hybridized carbons (Fsp3) is 0.929. The Morgan fingerprint density at radius 3 is 1.90 bits per heavy atom. The molecule has 2 unspecified atom stereocenters. The van der Waals surface area contributed by atoms with Gasteiger partial charge in [-0.3, -0.25) is 0 Å². The van der Waals surface area contributed by atoms with E-state index in [-0.39, 0.29) is 0 Å². The number of hydrogen-bond donors (Lipinski definition) is 3. The van der Waals surface area contributed by atoms with Crippen molar-refractivity contribution in [2.24, 2.45) is 5.73 Å². The zero-order valence-electron chi connectivity index (χ0n) is 12.6. The SMILES string of the molecule is CCCCCCCCCCCCC(NC(N)=O)S(=O)O. The molecule has 0 aliphatic rings. The average Bonchev–Trinajstić information content (AvgIpc) is 2.39. The molecule has 0 spiro atoms. The molecule has 0 radical (unpaired) electrons. The first-order valence-electron chi connectivity index (χ1n) is 7.73. The van der Waals surface area contributed by atoms with Crippen LogP contribution in [0.3, 0.4) is 0 Å². The van der Waals surface area contributed by atoms with Crippen LogP contribution in [-0.4, -0.2) is 20.2 Å². The smallest absolute Gasteiger partial charge is 0.313 e. The van der Waals surface area contributed by atoms with Crippen molar-refractivity contribution in [3.63, 3.8) is 0 Å². The molecule has 0 aromatic rings. The van der Waals surface area contributed by atoms with Gasteiger partial charge in [-0.1, -0.05) is 71.1 Å². The highest BCUT2D eigenvalue weighted by molar-refractivity contribution is 7.79. The number of carbonyl (C=O) groups excluding carboxylic acids is 1. The summed E-state index contributed by atoms with van der Waals surface area (Å²) >= 11 is -2.05. The quantitative estimate of drug-likeness (QED) is 0.359. The van der Waals surface area contributed by atoms with Gasteiger partial charge in [0.15, 0.2) is 11.1 Å². The van der Waals surface area contributed by atoms with Gasteiger partial charge in [-0.2, -0.15) is 0 Å². The highest BCUT2D eigenvalue weighted by atomic mass is 32.2. The van der Waals surface area contributed by atoms with E-state index in [4.69, 9.17) is 10.3 Å². The van der Waals surface area contributed by atoms with Gasteiger partial charge in [0.25, 0.3) is 0 Å². The second kappa shape index (κ2) is 13.4. The maximum absolute atomic E-state index is 11.0. The van der Waals surface area contributed by atoms with E-state index in [1.54, 1.807) is 0 Å². The van der Waals surface area contributed by atoms with E-state index < -0.39 is 22.5 Å². The molecule has 0 aromatic carbocycles. The lowest BCUT2D eigenvalue weighted by atomic mass is 10.1. The van der Waals surface area contributed by atoms with E-state index in [2.05, 4.69) is 12.2 Å². The topological polar surface area (TPSA) is 92.4 Å². The minimum absolute atomic E-state index is 0.503. The minimum Gasteiger partial charge on any atom is -0.352 e. The third-order valence-electron chi connectivity index (χ3n) is 3.37. The average molecular weight is 306 g/mol. The van der Waals surface area contributed by atoms with E-state index in [0.717, 1.165) is 19.3 Å². The molecule has 0 heterocycles. The molecule has 2 amide bonds. The molecule has 0 bridgehead atoms. The van der Waals surface area contributed by atoms with Crippen LogP contribution in [0.15, 0.2) is 0 Å². The van der Waals surface area contributed by atoms with Gasteiger partial charge in [-0.15, -0.1) is 0 Å². The van der Waals surface area contributed by atoms with Crippen molar-refractivity contribution in [2.75, 3.05) is 0 Å². The van der Waals surface area contributed by atoms with Crippen molar-refractivity contribution in [3.05, 3.63) is 0 Å². The molecule has 6 heteroatoms. The fourth-order valence-corrected chi connectivity index (χ4v) is 2.78. The highest BCUT2D eigenvalue weighted by Crippen LogP contribution is 2.12. The molecule has 20 heavy (non-hydrogen) atoms. The van der Waals surface area contributed by atoms with Gasteiger partial charge in [-0.05, 0) is 6.42 Å². The lowest BCUT2D eigenvalue weighted by Gasteiger charge is -2.13. The van der Waals surface area contributed by atoms with E-state index in [9.17, 15) is 9.00 Å². The van der Waals surface area contributed by atoms with E-state index in [1.165, 1.54) is 44.9 Å². The summed E-state index contributed by atoms with van der Waals surface area (Å²) in [6.07, 6.45) is 12.6. The first kappa shape index (κ1) is 19.4. The van der Waals surface area contributed by atoms with E-state index in [1.807, 2.05) is 0 Å². The molecule has 0 aliphatic carbocycles. The van der Waals surface area contributed by atoms with Crippen LogP contribution >= 0.6 is 0 Å². The van der Waals surface area contributed by atoms with Crippen molar-refractivity contribution >= 4 is 17.1 Å². The van der Waals surface area contributed by atoms with Gasteiger partial charge in [0.1, 0.15) is 5.37 Å². The van der Waals surface area contributed by atoms with Crippen LogP contribution in [0.2, 0.25) is 0 Å². The molecule has 0 saturated carbocycles. The van der Waals surface area contributed by atoms with Crippen LogP contribution < -0.4 is 11.1 Å². The van der Waals surface area contributed by atoms with Gasteiger partial charge in [-0.25, -0.2) is 9.00 Å². The van der Waals surface area contributed by atoms with Crippen molar-refractivity contribution in [2.45, 2.75) is 82.9 Å². The normalized spacial score (nSPS) is 13.9. The standard InChI is InChI=1S/C14H30N2O3S/c1-2-3-4-5-6-7-8-9-10-11-12-13(20(18)19)16-14(15)17/h13H,2-12H2,1H3,(H,18,19)(H3,15,16,17). The van der Waals surface area contributed by atoms with Crippen molar-refractivity contribution in [1.29, 1.82) is 0 Å². The van der Waals surface area contributed by atoms with Crippen molar-refractivity contribution in [3.8, 4) is 0 Å². The first-order valence-corrected chi connectivity index (χ1v) is 8.90. The molecular formula is C14H30N2O3S. The molecule has 120 valence electrons. The monoisotopic (exact) mass is 306 g/mol. The Morgan fingerprint density at radius 1 is 1.05 bits per heavy atom. The molecular weight excluding hydrogens is 276 g/mol. The van der Waals surface area contributed by atoms with Gasteiger partial charge in [0.05, 0.1) is 0 Å². The Labute approximate surface area is 125 Å². The first-order chi connectivity index (χ1) is 9.57. The summed E-state index contributed by atoms with van der Waals surface area (Å²) in [6.45, 7) is 2.22. The maximum Gasteiger partial charge on any atom is 0.313 e. The van der Waals surface area contributed by atoms with Crippen LogP contribution in [0.5, 0.6) is 0 Å². The number of unbranched alkanes of at least 4 members (excludes halogenated alkanes) is 9. The van der Waals surface area contributed by atoms with Crippen LogP contribution in [0.4, 0.5) is 4.79 Å². The third-order valence-corrected chi connectivity index (χ3v) is 4.21. The molecule has 0 saturated heterocycles. The summed E-state index contributed by atoms with van der Waals surface area (Å²) in [7, 11) is 0. The second-order valence-corrected chi connectivity index (χ2v) is 6.37. The molecule has 4 N–H and O–H groups in total. The molecule has 5 nitrogen and oxygen atoms in total. The number of nitrogens with two attached hydrogens (primary N) is 1. The molecule has 0 aromatic heterocycles. The molecule has 0 aliphatic heterocycles. The lowest BCUT2D eigenvalue weighted by molar-refractivity contribution is 0.247. The van der Waals surface area contributed by atoms with Crippen molar-refractivity contribution in [1.82, 2.24) is 5.32 Å². The van der Waals surface area contributed by atoms with Crippen LogP contribution in [0.25, 0.3) is 0 Å². The Kier molecular flexibility index (Phi) is 13.0. The lowest BCUT2D eigenvalue weighted by Crippen LogP contribution is -2.41. The van der Waals surface area contributed by atoms with Gasteiger partial charge < -0.3 is 15.6 Å². The number of carbonyl (C=O) groups is 1. The van der Waals surface area contributed by atoms with Gasteiger partial charge >= 0.3 is 6.03 Å². The minimum atomic E-state index is -2.05. The maximum atomic E-state index is 11.0. The van der Waals surface area contributed by atoms with E-state index in [0.29, 0.717) is 6.42 Å². The number of amides is 2. The predicted octanol–water partition coefficient (Wildman–Crippen LogP) is 3.51. The number of primary amides is 1. The summed E-state index contributed by atoms with van der Waals surface area (Å²) < 4.78 is 20.0. The van der Waals surface area contributed by atoms with Crippen LogP contribution in [0, 0.1) is 0 Å². The Hall–Kier alpha value is -0.620. The summed E-state index contributed by atoms with van der Waals surface area (Å²) in [6, 6.07) is -0.746. The second-order valence-electron chi connectivity index (χ2n) is 5.24. The number of nitrogens with one attached hydrogen (secondary N) is 1. The summed E-state index contributed by atoms with van der Waals surface area (Å²) in [5.41, 5.74) is 4.96. The number of hydrogen-bond acceptors (Lipinski definition) is 2. The zero-order valence-corrected chi connectivity index (χ0v) is 13.4. The highest BCUT2D eigenvalue weighted by Gasteiger charge is 2.15. The predicted molar refractivity (Wildman–Crippen MR) is 83.7 cm³/mol.